The van der Waals surface area contributed by atoms with E-state index in [0.717, 1.165) is 10.3 Å². The smallest absolute Gasteiger partial charge is 0.265 e. The van der Waals surface area contributed by atoms with Crippen molar-refractivity contribution in [1.82, 2.24) is 0 Å². The molecule has 1 unspecified atom stereocenters. The predicted molar refractivity (Wildman–Crippen MR) is 79.3 cm³/mol. The number of halogens is 3. The minimum absolute atomic E-state index is 0.314. The highest BCUT2D eigenvalue weighted by atomic mass is 35.6. The van der Waals surface area contributed by atoms with Gasteiger partial charge in [-0.25, -0.2) is 0 Å². The number of benzene rings is 1. The summed E-state index contributed by atoms with van der Waals surface area (Å²) in [5.41, 5.74) is 0. The second-order valence-corrected chi connectivity index (χ2v) is 7.17. The maximum absolute atomic E-state index is 7.54. The van der Waals surface area contributed by atoms with Crippen LogP contribution in [0.25, 0.3) is 10.1 Å². The van der Waals surface area contributed by atoms with E-state index in [9.17, 15) is 0 Å². The summed E-state index contributed by atoms with van der Waals surface area (Å²) in [7, 11) is 0. The van der Waals surface area contributed by atoms with E-state index in [4.69, 9.17) is 44.9 Å². The fourth-order valence-electron chi connectivity index (χ4n) is 1.50. The standard InChI is InChI=1S/C12H10Cl3NOS/c1-7(17-11(16)12(13,14)15)10-6-8-4-2-3-5-9(8)18-10/h2-7,16H,1H3. The van der Waals surface area contributed by atoms with Crippen LogP contribution < -0.4 is 0 Å². The Bertz CT molecular complexity index is 543. The number of fused-ring (bicyclic) bond motifs is 1. The Labute approximate surface area is 124 Å². The Morgan fingerprint density at radius 3 is 2.61 bits per heavy atom. The van der Waals surface area contributed by atoms with Gasteiger partial charge in [-0.15, -0.1) is 11.3 Å². The van der Waals surface area contributed by atoms with Crippen LogP contribution in [0.2, 0.25) is 0 Å². The maximum atomic E-state index is 7.54. The lowest BCUT2D eigenvalue weighted by molar-refractivity contribution is 0.210. The average molecular weight is 323 g/mol. The van der Waals surface area contributed by atoms with Gasteiger partial charge in [0, 0.05) is 9.58 Å². The van der Waals surface area contributed by atoms with Crippen molar-refractivity contribution in [2.24, 2.45) is 0 Å². The molecular weight excluding hydrogens is 313 g/mol. The van der Waals surface area contributed by atoms with E-state index < -0.39 is 3.79 Å². The van der Waals surface area contributed by atoms with Crippen molar-refractivity contribution < 1.29 is 4.74 Å². The molecule has 2 aromatic rings. The number of hydrogen-bond donors (Lipinski definition) is 1. The largest absolute Gasteiger partial charge is 0.469 e. The second-order valence-electron chi connectivity index (χ2n) is 3.77. The van der Waals surface area contributed by atoms with E-state index in [1.807, 2.05) is 37.3 Å². The Hall–Kier alpha value is -0.480. The number of rotatable bonds is 2. The van der Waals surface area contributed by atoms with Crippen LogP contribution in [0.1, 0.15) is 17.9 Å². The Balaban J connectivity index is 2.18. The molecule has 1 atom stereocenters. The van der Waals surface area contributed by atoms with E-state index in [1.54, 1.807) is 11.3 Å². The van der Waals surface area contributed by atoms with Gasteiger partial charge in [0.05, 0.1) is 0 Å². The van der Waals surface area contributed by atoms with Gasteiger partial charge >= 0.3 is 0 Å². The molecule has 0 saturated carbocycles. The first-order valence-corrected chi connectivity index (χ1v) is 7.14. The van der Waals surface area contributed by atoms with Crippen molar-refractivity contribution in [2.75, 3.05) is 0 Å². The van der Waals surface area contributed by atoms with Crippen molar-refractivity contribution in [3.63, 3.8) is 0 Å². The van der Waals surface area contributed by atoms with Crippen LogP contribution in [-0.2, 0) is 4.74 Å². The number of alkyl halides is 3. The second kappa shape index (κ2) is 5.25. The normalized spacial score (nSPS) is 13.6. The van der Waals surface area contributed by atoms with Crippen molar-refractivity contribution in [3.8, 4) is 0 Å². The Morgan fingerprint density at radius 2 is 2.00 bits per heavy atom. The molecule has 0 aliphatic rings. The van der Waals surface area contributed by atoms with E-state index in [-0.39, 0.29) is 12.0 Å². The van der Waals surface area contributed by atoms with Gasteiger partial charge in [0.15, 0.2) is 0 Å². The van der Waals surface area contributed by atoms with E-state index in [0.29, 0.717) is 0 Å². The Morgan fingerprint density at radius 1 is 1.33 bits per heavy atom. The highest BCUT2D eigenvalue weighted by Crippen LogP contribution is 2.34. The Kier molecular flexibility index (Phi) is 4.07. The monoisotopic (exact) mass is 321 g/mol. The van der Waals surface area contributed by atoms with Crippen LogP contribution in [0.4, 0.5) is 0 Å². The zero-order valence-corrected chi connectivity index (χ0v) is 12.5. The molecule has 1 N–H and O–H groups in total. The highest BCUT2D eigenvalue weighted by Gasteiger charge is 2.30. The molecule has 2 nitrogen and oxygen atoms in total. The first kappa shape index (κ1) is 13.9. The first-order valence-electron chi connectivity index (χ1n) is 5.19. The molecule has 0 amide bonds. The van der Waals surface area contributed by atoms with Crippen LogP contribution in [0, 0.1) is 5.41 Å². The quantitative estimate of drug-likeness (QED) is 0.452. The lowest BCUT2D eigenvalue weighted by atomic mass is 10.2. The maximum Gasteiger partial charge on any atom is 0.265 e. The van der Waals surface area contributed by atoms with E-state index >= 15 is 0 Å². The van der Waals surface area contributed by atoms with Crippen molar-refractivity contribution in [3.05, 3.63) is 35.2 Å². The molecule has 6 heteroatoms. The molecule has 2 rings (SSSR count). The van der Waals surface area contributed by atoms with Crippen LogP contribution in [0.15, 0.2) is 30.3 Å². The van der Waals surface area contributed by atoms with Crippen molar-refractivity contribution in [1.29, 1.82) is 5.41 Å². The molecule has 0 fully saturated rings. The molecule has 96 valence electrons. The summed E-state index contributed by atoms with van der Waals surface area (Å²) in [4.78, 5) is 0.996. The van der Waals surface area contributed by atoms with Gasteiger partial charge in [0.2, 0.25) is 5.90 Å². The molecular formula is C12H10Cl3NOS. The van der Waals surface area contributed by atoms with Gasteiger partial charge in [-0.2, -0.15) is 0 Å². The fraction of sp³-hybridized carbons (Fsp3) is 0.250. The van der Waals surface area contributed by atoms with Crippen molar-refractivity contribution >= 4 is 62.1 Å². The fourth-order valence-corrected chi connectivity index (χ4v) is 2.68. The summed E-state index contributed by atoms with van der Waals surface area (Å²) in [6.07, 6.45) is -0.314. The summed E-state index contributed by atoms with van der Waals surface area (Å²) in [5.74, 6) is -0.363. The summed E-state index contributed by atoms with van der Waals surface area (Å²) < 4.78 is 4.68. The number of ether oxygens (including phenoxy) is 1. The summed E-state index contributed by atoms with van der Waals surface area (Å²) in [6, 6.07) is 10.1. The molecule has 0 saturated heterocycles. The zero-order valence-electron chi connectivity index (χ0n) is 9.41. The first-order chi connectivity index (χ1) is 8.38. The SMILES string of the molecule is CC(OC(=N)C(Cl)(Cl)Cl)c1cc2ccccc2s1. The van der Waals surface area contributed by atoms with E-state index in [2.05, 4.69) is 0 Å². The topological polar surface area (TPSA) is 33.1 Å². The van der Waals surface area contributed by atoms with Gasteiger partial charge < -0.3 is 4.74 Å². The molecule has 0 spiro atoms. The molecule has 0 bridgehead atoms. The summed E-state index contributed by atoms with van der Waals surface area (Å²) in [6.45, 7) is 1.83. The number of hydrogen-bond acceptors (Lipinski definition) is 3. The predicted octanol–water partition coefficient (Wildman–Crippen LogP) is 5.33. The van der Waals surface area contributed by atoms with Crippen LogP contribution >= 0.6 is 46.1 Å². The lowest BCUT2D eigenvalue weighted by Gasteiger charge is -2.18. The van der Waals surface area contributed by atoms with Crippen LogP contribution in [0.3, 0.4) is 0 Å². The van der Waals surface area contributed by atoms with Gasteiger partial charge in [0.1, 0.15) is 6.10 Å². The third-order valence-corrected chi connectivity index (χ3v) is 4.19. The van der Waals surface area contributed by atoms with Crippen LogP contribution in [0.5, 0.6) is 0 Å². The lowest BCUT2D eigenvalue weighted by Crippen LogP contribution is -2.22. The van der Waals surface area contributed by atoms with Gasteiger partial charge in [-0.3, -0.25) is 5.41 Å². The zero-order chi connectivity index (χ0) is 13.3. The molecule has 18 heavy (non-hydrogen) atoms. The van der Waals surface area contributed by atoms with Gasteiger partial charge in [-0.05, 0) is 24.4 Å². The molecule has 0 aliphatic heterocycles. The third-order valence-electron chi connectivity index (χ3n) is 2.40. The highest BCUT2D eigenvalue weighted by molar-refractivity contribution is 7.19. The molecule has 1 aromatic heterocycles. The number of nitrogens with one attached hydrogen (secondary N) is 1. The molecule has 1 heterocycles. The van der Waals surface area contributed by atoms with Crippen molar-refractivity contribution in [2.45, 2.75) is 16.8 Å². The molecule has 0 aliphatic carbocycles. The minimum Gasteiger partial charge on any atom is -0.469 e. The van der Waals surface area contributed by atoms with Crippen LogP contribution in [-0.4, -0.2) is 9.69 Å². The third kappa shape index (κ3) is 3.09. The van der Waals surface area contributed by atoms with Gasteiger partial charge in [0.25, 0.3) is 3.79 Å². The van der Waals surface area contributed by atoms with E-state index in [1.165, 1.54) is 4.70 Å². The molecule has 0 radical (unpaired) electrons. The summed E-state index contributed by atoms with van der Waals surface area (Å²) in [5, 5.41) is 8.69. The minimum atomic E-state index is -1.81. The average Bonchev–Trinajstić information content (AvgIpc) is 2.71. The summed E-state index contributed by atoms with van der Waals surface area (Å²) >= 11 is 18.3. The number of thiophene rings is 1. The molecule has 1 aromatic carbocycles. The van der Waals surface area contributed by atoms with Gasteiger partial charge in [-0.1, -0.05) is 53.0 Å².